The molecule has 0 bridgehead atoms. The van der Waals surface area contributed by atoms with Gasteiger partial charge in [0.1, 0.15) is 5.75 Å². The Morgan fingerprint density at radius 1 is 1.17 bits per heavy atom. The molecule has 0 aromatic heterocycles. The van der Waals surface area contributed by atoms with Gasteiger partial charge in [0.05, 0.1) is 12.9 Å². The summed E-state index contributed by atoms with van der Waals surface area (Å²) in [6.07, 6.45) is 1.87. The lowest BCUT2D eigenvalue weighted by Gasteiger charge is -2.29. The van der Waals surface area contributed by atoms with Crippen LogP contribution in [-0.2, 0) is 21.2 Å². The van der Waals surface area contributed by atoms with Crippen LogP contribution in [0.5, 0.6) is 5.75 Å². The van der Waals surface area contributed by atoms with Crippen LogP contribution in [0.15, 0.2) is 24.3 Å². The van der Waals surface area contributed by atoms with Gasteiger partial charge in [0.25, 0.3) is 0 Å². The van der Waals surface area contributed by atoms with E-state index in [0.29, 0.717) is 51.5 Å². The Morgan fingerprint density at radius 3 is 2.41 bits per heavy atom. The molecule has 164 valence electrons. The molecule has 1 aliphatic rings. The molecule has 1 aromatic rings. The SMILES string of the molecule is COc1ccc(CCC(=O)N(CCC(C)C)CCS(=O)(=O)N2CCNCC2)cc1. The first-order chi connectivity index (χ1) is 13.8. The molecule has 1 fully saturated rings. The Hall–Kier alpha value is -1.64. The van der Waals surface area contributed by atoms with Crippen LogP contribution in [0.4, 0.5) is 0 Å². The average molecular weight is 426 g/mol. The first kappa shape index (κ1) is 23.6. The number of piperazine rings is 1. The maximum atomic E-state index is 12.8. The van der Waals surface area contributed by atoms with Gasteiger partial charge in [-0.1, -0.05) is 26.0 Å². The summed E-state index contributed by atoms with van der Waals surface area (Å²) in [6.45, 7) is 7.42. The van der Waals surface area contributed by atoms with E-state index in [1.54, 1.807) is 12.0 Å². The first-order valence-corrected chi connectivity index (χ1v) is 12.0. The van der Waals surface area contributed by atoms with Crippen molar-refractivity contribution in [1.29, 1.82) is 0 Å². The highest BCUT2D eigenvalue weighted by molar-refractivity contribution is 7.89. The number of ether oxygens (including phenoxy) is 1. The van der Waals surface area contributed by atoms with Crippen molar-refractivity contribution in [3.8, 4) is 5.75 Å². The number of hydrogen-bond acceptors (Lipinski definition) is 5. The molecule has 0 atom stereocenters. The molecule has 1 aromatic carbocycles. The van der Waals surface area contributed by atoms with E-state index in [4.69, 9.17) is 4.74 Å². The van der Waals surface area contributed by atoms with Gasteiger partial charge in [-0.05, 0) is 36.5 Å². The summed E-state index contributed by atoms with van der Waals surface area (Å²) in [6, 6.07) is 7.69. The normalized spacial score (nSPS) is 15.4. The zero-order valence-electron chi connectivity index (χ0n) is 17.9. The van der Waals surface area contributed by atoms with Crippen molar-refractivity contribution in [3.63, 3.8) is 0 Å². The molecule has 1 amide bonds. The second-order valence-electron chi connectivity index (χ2n) is 7.88. The topological polar surface area (TPSA) is 79.0 Å². The van der Waals surface area contributed by atoms with E-state index < -0.39 is 10.0 Å². The van der Waals surface area contributed by atoms with E-state index in [1.165, 1.54) is 4.31 Å². The number of rotatable bonds is 11. The fourth-order valence-corrected chi connectivity index (χ4v) is 4.70. The molecule has 7 nitrogen and oxygen atoms in total. The molecule has 8 heteroatoms. The molecule has 0 radical (unpaired) electrons. The summed E-state index contributed by atoms with van der Waals surface area (Å²) in [4.78, 5) is 14.6. The number of sulfonamides is 1. The summed E-state index contributed by atoms with van der Waals surface area (Å²) >= 11 is 0. The van der Waals surface area contributed by atoms with Gasteiger partial charge in [-0.25, -0.2) is 8.42 Å². The maximum absolute atomic E-state index is 12.8. The minimum Gasteiger partial charge on any atom is -0.497 e. The van der Waals surface area contributed by atoms with E-state index in [1.807, 2.05) is 24.3 Å². The molecule has 0 saturated carbocycles. The second kappa shape index (κ2) is 11.5. The molecule has 0 aliphatic carbocycles. The summed E-state index contributed by atoms with van der Waals surface area (Å²) < 4.78 is 32.0. The Morgan fingerprint density at radius 2 is 1.83 bits per heavy atom. The van der Waals surface area contributed by atoms with E-state index in [0.717, 1.165) is 17.7 Å². The molecule has 1 N–H and O–H groups in total. The zero-order valence-corrected chi connectivity index (χ0v) is 18.7. The fraction of sp³-hybridized carbons (Fsp3) is 0.667. The molecule has 0 spiro atoms. The van der Waals surface area contributed by atoms with Crippen LogP contribution < -0.4 is 10.1 Å². The van der Waals surface area contributed by atoms with Crippen LogP contribution in [0.2, 0.25) is 0 Å². The van der Waals surface area contributed by atoms with Crippen molar-refractivity contribution in [2.75, 3.05) is 52.1 Å². The number of aryl methyl sites for hydroxylation is 1. The van der Waals surface area contributed by atoms with Crippen LogP contribution in [0.3, 0.4) is 0 Å². The molecule has 2 rings (SSSR count). The van der Waals surface area contributed by atoms with E-state index in [2.05, 4.69) is 19.2 Å². The smallest absolute Gasteiger partial charge is 0.222 e. The zero-order chi connectivity index (χ0) is 21.3. The largest absolute Gasteiger partial charge is 0.497 e. The molecule has 0 unspecified atom stereocenters. The van der Waals surface area contributed by atoms with Gasteiger partial charge < -0.3 is 15.0 Å². The molecule has 29 heavy (non-hydrogen) atoms. The van der Waals surface area contributed by atoms with Gasteiger partial charge in [0.15, 0.2) is 0 Å². The predicted octanol–water partition coefficient (Wildman–Crippen LogP) is 1.74. The lowest BCUT2D eigenvalue weighted by Crippen LogP contribution is -2.48. The summed E-state index contributed by atoms with van der Waals surface area (Å²) in [5, 5.41) is 3.16. The molecule has 1 aliphatic heterocycles. The molecular weight excluding hydrogens is 390 g/mol. The second-order valence-corrected chi connectivity index (χ2v) is 9.96. The number of nitrogens with zero attached hydrogens (tertiary/aromatic N) is 2. The average Bonchev–Trinajstić information content (AvgIpc) is 2.72. The van der Waals surface area contributed by atoms with Crippen LogP contribution in [0.1, 0.15) is 32.3 Å². The highest BCUT2D eigenvalue weighted by Gasteiger charge is 2.25. The molecular formula is C21H35N3O4S. The van der Waals surface area contributed by atoms with E-state index in [9.17, 15) is 13.2 Å². The Kier molecular flexibility index (Phi) is 9.39. The lowest BCUT2D eigenvalue weighted by atomic mass is 10.1. The van der Waals surface area contributed by atoms with Crippen molar-refractivity contribution in [1.82, 2.24) is 14.5 Å². The third-order valence-corrected chi connectivity index (χ3v) is 7.05. The van der Waals surface area contributed by atoms with Crippen molar-refractivity contribution in [3.05, 3.63) is 29.8 Å². The highest BCUT2D eigenvalue weighted by Crippen LogP contribution is 2.14. The monoisotopic (exact) mass is 425 g/mol. The van der Waals surface area contributed by atoms with Gasteiger partial charge >= 0.3 is 0 Å². The van der Waals surface area contributed by atoms with Crippen molar-refractivity contribution in [2.24, 2.45) is 5.92 Å². The van der Waals surface area contributed by atoms with Crippen molar-refractivity contribution in [2.45, 2.75) is 33.1 Å². The van der Waals surface area contributed by atoms with Crippen molar-refractivity contribution >= 4 is 15.9 Å². The highest BCUT2D eigenvalue weighted by atomic mass is 32.2. The number of carbonyl (C=O) groups excluding carboxylic acids is 1. The maximum Gasteiger partial charge on any atom is 0.222 e. The van der Waals surface area contributed by atoms with Crippen LogP contribution in [0.25, 0.3) is 0 Å². The Bertz CT molecular complexity index is 729. The minimum atomic E-state index is -3.34. The Balaban J connectivity index is 1.93. The third kappa shape index (κ3) is 7.95. The predicted molar refractivity (Wildman–Crippen MR) is 116 cm³/mol. The fourth-order valence-electron chi connectivity index (χ4n) is 3.25. The third-order valence-electron chi connectivity index (χ3n) is 5.20. The quantitative estimate of drug-likeness (QED) is 0.584. The van der Waals surface area contributed by atoms with Gasteiger partial charge in [-0.3, -0.25) is 4.79 Å². The standard InChI is InChI=1S/C21H35N3O4S/c1-18(2)10-13-23(16-17-29(26,27)24-14-11-22-12-15-24)21(25)9-6-19-4-7-20(28-3)8-5-19/h4-5,7-8,18,22H,6,9-17H2,1-3H3. The van der Waals surface area contributed by atoms with E-state index in [-0.39, 0.29) is 18.2 Å². The number of nitrogens with one attached hydrogen (secondary N) is 1. The number of carbonyl (C=O) groups is 1. The van der Waals surface area contributed by atoms with E-state index >= 15 is 0 Å². The number of benzene rings is 1. The number of hydrogen-bond donors (Lipinski definition) is 1. The van der Waals surface area contributed by atoms with Gasteiger partial charge in [0, 0.05) is 45.7 Å². The van der Waals surface area contributed by atoms with Crippen LogP contribution in [-0.4, -0.2) is 75.7 Å². The summed E-state index contributed by atoms with van der Waals surface area (Å²) in [5.41, 5.74) is 1.07. The first-order valence-electron chi connectivity index (χ1n) is 10.4. The summed E-state index contributed by atoms with van der Waals surface area (Å²) in [5.74, 6) is 1.24. The van der Waals surface area contributed by atoms with Crippen LogP contribution in [0, 0.1) is 5.92 Å². The van der Waals surface area contributed by atoms with Gasteiger partial charge in [0.2, 0.25) is 15.9 Å². The lowest BCUT2D eigenvalue weighted by molar-refractivity contribution is -0.131. The Labute approximate surface area is 175 Å². The summed E-state index contributed by atoms with van der Waals surface area (Å²) in [7, 11) is -1.72. The van der Waals surface area contributed by atoms with Gasteiger partial charge in [-0.2, -0.15) is 4.31 Å². The van der Waals surface area contributed by atoms with Crippen LogP contribution >= 0.6 is 0 Å². The minimum absolute atomic E-state index is 0.0111. The molecule has 1 saturated heterocycles. The van der Waals surface area contributed by atoms with Gasteiger partial charge in [-0.15, -0.1) is 0 Å². The number of amides is 1. The molecule has 1 heterocycles. The number of methoxy groups -OCH3 is 1. The van der Waals surface area contributed by atoms with Crippen molar-refractivity contribution < 1.29 is 17.9 Å².